The van der Waals surface area contributed by atoms with E-state index in [0.29, 0.717) is 13.0 Å². The van der Waals surface area contributed by atoms with Gasteiger partial charge in [0.25, 0.3) is 0 Å². The molecule has 1 aromatic carbocycles. The Kier molecular flexibility index (Phi) is 4.76. The van der Waals surface area contributed by atoms with Crippen LogP contribution in [-0.2, 0) is 24.2 Å². The Hall–Kier alpha value is -2.30. The maximum atomic E-state index is 10.6. The van der Waals surface area contributed by atoms with Gasteiger partial charge in [-0.3, -0.25) is 4.79 Å². The van der Waals surface area contributed by atoms with Crippen LogP contribution in [0.5, 0.6) is 0 Å². The summed E-state index contributed by atoms with van der Waals surface area (Å²) in [4.78, 5) is 10.6. The molecule has 0 aliphatic rings. The highest BCUT2D eigenvalue weighted by molar-refractivity contribution is 5.67. The fourth-order valence-corrected chi connectivity index (χ4v) is 2.00. The van der Waals surface area contributed by atoms with Crippen molar-refractivity contribution in [3.8, 4) is 0 Å². The Bertz CT molecular complexity index is 578. The second kappa shape index (κ2) is 6.75. The van der Waals surface area contributed by atoms with Gasteiger partial charge in [0.1, 0.15) is 6.26 Å². The van der Waals surface area contributed by atoms with Crippen molar-refractivity contribution in [1.82, 2.24) is 5.16 Å². The number of carboxylic acids is 1. The lowest BCUT2D eigenvalue weighted by atomic mass is 10.1. The minimum Gasteiger partial charge on any atom is -0.481 e. The van der Waals surface area contributed by atoms with E-state index in [4.69, 9.17) is 9.63 Å². The number of hydrogen-bond donors (Lipinski definition) is 2. The summed E-state index contributed by atoms with van der Waals surface area (Å²) in [7, 11) is 0. The molecule has 0 atom stereocenters. The highest BCUT2D eigenvalue weighted by Crippen LogP contribution is 2.15. The van der Waals surface area contributed by atoms with E-state index in [0.717, 1.165) is 28.9 Å². The molecule has 2 N–H and O–H groups in total. The predicted octanol–water partition coefficient (Wildman–Crippen LogP) is 2.87. The predicted molar refractivity (Wildman–Crippen MR) is 75.6 cm³/mol. The number of aryl methyl sites for hydroxylation is 2. The fraction of sp³-hybridized carbons (Fsp3) is 0.333. The number of carboxylic acid groups (broad SMARTS) is 1. The van der Waals surface area contributed by atoms with Crippen molar-refractivity contribution >= 4 is 11.7 Å². The molecule has 0 unspecified atom stereocenters. The Labute approximate surface area is 117 Å². The van der Waals surface area contributed by atoms with Crippen LogP contribution in [0.1, 0.15) is 30.2 Å². The molecule has 0 saturated heterocycles. The van der Waals surface area contributed by atoms with Gasteiger partial charge >= 0.3 is 5.97 Å². The lowest BCUT2D eigenvalue weighted by Crippen LogP contribution is -2.02. The minimum atomic E-state index is -0.777. The molecule has 20 heavy (non-hydrogen) atoms. The third-order valence-electron chi connectivity index (χ3n) is 3.10. The van der Waals surface area contributed by atoms with Crippen LogP contribution in [0.3, 0.4) is 0 Å². The third kappa shape index (κ3) is 3.85. The smallest absolute Gasteiger partial charge is 0.303 e. The molecule has 0 aliphatic carbocycles. The highest BCUT2D eigenvalue weighted by atomic mass is 16.5. The summed E-state index contributed by atoms with van der Waals surface area (Å²) in [6.07, 6.45) is 3.18. The first kappa shape index (κ1) is 14.1. The second-order valence-electron chi connectivity index (χ2n) is 4.59. The summed E-state index contributed by atoms with van der Waals surface area (Å²) in [6, 6.07) is 7.80. The first-order chi connectivity index (χ1) is 9.69. The lowest BCUT2D eigenvalue weighted by Gasteiger charge is -2.07. The first-order valence-electron chi connectivity index (χ1n) is 6.65. The Morgan fingerprint density at radius 2 is 2.30 bits per heavy atom. The Morgan fingerprint density at radius 3 is 3.05 bits per heavy atom. The number of carbonyl (C=O) groups is 1. The average Bonchev–Trinajstić information content (AvgIpc) is 2.91. The van der Waals surface area contributed by atoms with E-state index in [1.165, 1.54) is 0 Å². The van der Waals surface area contributed by atoms with Gasteiger partial charge in [-0.2, -0.15) is 0 Å². The summed E-state index contributed by atoms with van der Waals surface area (Å²) in [5, 5.41) is 15.9. The van der Waals surface area contributed by atoms with Gasteiger partial charge in [0.15, 0.2) is 0 Å². The molecule has 0 amide bonds. The van der Waals surface area contributed by atoms with E-state index in [1.54, 1.807) is 6.26 Å². The van der Waals surface area contributed by atoms with Gasteiger partial charge in [0, 0.05) is 24.2 Å². The summed E-state index contributed by atoms with van der Waals surface area (Å²) in [5.41, 5.74) is 3.98. The topological polar surface area (TPSA) is 75.4 Å². The molecule has 5 heteroatoms. The zero-order valence-corrected chi connectivity index (χ0v) is 11.4. The normalized spacial score (nSPS) is 10.4. The van der Waals surface area contributed by atoms with Crippen LogP contribution >= 0.6 is 0 Å². The molecule has 2 rings (SSSR count). The number of nitrogens with one attached hydrogen (secondary N) is 1. The SMILES string of the molecule is CCc1nocc1CNc1cccc(CCC(=O)O)c1. The minimum absolute atomic E-state index is 0.148. The van der Waals surface area contributed by atoms with Crippen LogP contribution in [0.15, 0.2) is 35.1 Å². The number of nitrogens with zero attached hydrogens (tertiary/aromatic N) is 1. The third-order valence-corrected chi connectivity index (χ3v) is 3.10. The van der Waals surface area contributed by atoms with Gasteiger partial charge in [-0.1, -0.05) is 24.2 Å². The molecule has 0 saturated carbocycles. The molecule has 1 heterocycles. The summed E-state index contributed by atoms with van der Waals surface area (Å²) in [6.45, 7) is 2.68. The van der Waals surface area contributed by atoms with Crippen molar-refractivity contribution in [2.24, 2.45) is 0 Å². The zero-order valence-electron chi connectivity index (χ0n) is 11.4. The van der Waals surface area contributed by atoms with E-state index in [-0.39, 0.29) is 6.42 Å². The maximum Gasteiger partial charge on any atom is 0.303 e. The van der Waals surface area contributed by atoms with Crippen molar-refractivity contribution in [2.45, 2.75) is 32.7 Å². The molecule has 0 aliphatic heterocycles. The molecular formula is C15H18N2O3. The van der Waals surface area contributed by atoms with Crippen LogP contribution in [0.2, 0.25) is 0 Å². The quantitative estimate of drug-likeness (QED) is 0.812. The van der Waals surface area contributed by atoms with E-state index in [9.17, 15) is 4.79 Å². The standard InChI is InChI=1S/C15H18N2O3/c1-2-14-12(10-20-17-14)9-16-13-5-3-4-11(8-13)6-7-15(18)19/h3-5,8,10,16H,2,6-7,9H2,1H3,(H,18,19). The van der Waals surface area contributed by atoms with Gasteiger partial charge in [-0.15, -0.1) is 0 Å². The number of aromatic nitrogens is 1. The van der Waals surface area contributed by atoms with Gasteiger partial charge in [0.2, 0.25) is 0 Å². The Balaban J connectivity index is 1.96. The van der Waals surface area contributed by atoms with Gasteiger partial charge in [0.05, 0.1) is 5.69 Å². The number of anilines is 1. The molecular weight excluding hydrogens is 256 g/mol. The van der Waals surface area contributed by atoms with Crippen LogP contribution in [0.4, 0.5) is 5.69 Å². The van der Waals surface area contributed by atoms with Crippen LogP contribution in [0.25, 0.3) is 0 Å². The number of benzene rings is 1. The fourth-order valence-electron chi connectivity index (χ4n) is 2.00. The molecule has 0 radical (unpaired) electrons. The van der Waals surface area contributed by atoms with E-state index in [1.807, 2.05) is 31.2 Å². The van der Waals surface area contributed by atoms with Crippen molar-refractivity contribution in [1.29, 1.82) is 0 Å². The summed E-state index contributed by atoms with van der Waals surface area (Å²) in [5.74, 6) is -0.777. The highest BCUT2D eigenvalue weighted by Gasteiger charge is 2.05. The second-order valence-corrected chi connectivity index (χ2v) is 4.59. The number of aliphatic carboxylic acids is 1. The average molecular weight is 274 g/mol. The lowest BCUT2D eigenvalue weighted by molar-refractivity contribution is -0.136. The van der Waals surface area contributed by atoms with Crippen molar-refractivity contribution in [3.05, 3.63) is 47.3 Å². The summed E-state index contributed by atoms with van der Waals surface area (Å²) < 4.78 is 4.96. The molecule has 2 aromatic rings. The largest absolute Gasteiger partial charge is 0.481 e. The number of hydrogen-bond acceptors (Lipinski definition) is 4. The molecule has 0 spiro atoms. The van der Waals surface area contributed by atoms with Crippen molar-refractivity contribution < 1.29 is 14.4 Å². The van der Waals surface area contributed by atoms with Crippen LogP contribution < -0.4 is 5.32 Å². The first-order valence-corrected chi connectivity index (χ1v) is 6.65. The van der Waals surface area contributed by atoms with Crippen LogP contribution in [-0.4, -0.2) is 16.2 Å². The molecule has 1 aromatic heterocycles. The van der Waals surface area contributed by atoms with Gasteiger partial charge in [-0.25, -0.2) is 0 Å². The molecule has 0 fully saturated rings. The van der Waals surface area contributed by atoms with Crippen molar-refractivity contribution in [3.63, 3.8) is 0 Å². The zero-order chi connectivity index (χ0) is 14.4. The van der Waals surface area contributed by atoms with Gasteiger partial charge < -0.3 is 14.9 Å². The molecule has 106 valence electrons. The van der Waals surface area contributed by atoms with E-state index < -0.39 is 5.97 Å². The summed E-state index contributed by atoms with van der Waals surface area (Å²) >= 11 is 0. The van der Waals surface area contributed by atoms with Crippen LogP contribution in [0, 0.1) is 0 Å². The van der Waals surface area contributed by atoms with E-state index in [2.05, 4.69) is 10.5 Å². The molecule has 5 nitrogen and oxygen atoms in total. The van der Waals surface area contributed by atoms with Crippen molar-refractivity contribution in [2.75, 3.05) is 5.32 Å². The van der Waals surface area contributed by atoms with Gasteiger partial charge in [-0.05, 0) is 30.5 Å². The van der Waals surface area contributed by atoms with E-state index >= 15 is 0 Å². The maximum absolute atomic E-state index is 10.6. The Morgan fingerprint density at radius 1 is 1.45 bits per heavy atom. The monoisotopic (exact) mass is 274 g/mol. The molecule has 0 bridgehead atoms. The number of rotatable bonds is 7.